The van der Waals surface area contributed by atoms with E-state index in [-0.39, 0.29) is 0 Å². The van der Waals surface area contributed by atoms with Gasteiger partial charge >= 0.3 is 5.97 Å². The van der Waals surface area contributed by atoms with E-state index >= 15 is 0 Å². The quantitative estimate of drug-likeness (QED) is 0.450. The van der Waals surface area contributed by atoms with E-state index < -0.39 is 11.9 Å². The van der Waals surface area contributed by atoms with Gasteiger partial charge in [0.1, 0.15) is 5.92 Å². The zero-order chi connectivity index (χ0) is 6.57. The van der Waals surface area contributed by atoms with Gasteiger partial charge in [0.05, 0.1) is 0 Å². The molecule has 4 nitrogen and oxygen atoms in total. The number of carboxylic acids is 1. The van der Waals surface area contributed by atoms with Gasteiger partial charge in [-0.1, -0.05) is 0 Å². The molecular weight excluding hydrogens is 108 g/mol. The van der Waals surface area contributed by atoms with E-state index in [9.17, 15) is 4.79 Å². The molecule has 8 heavy (non-hydrogen) atoms. The molecular formula is C4H6N2O2. The van der Waals surface area contributed by atoms with Crippen LogP contribution in [0.2, 0.25) is 0 Å². The molecule has 0 aromatic rings. The molecule has 0 aliphatic rings. The third-order valence-corrected chi connectivity index (χ3v) is 0.644. The highest BCUT2D eigenvalue weighted by Crippen LogP contribution is 1.83. The van der Waals surface area contributed by atoms with Crippen LogP contribution in [0.4, 0.5) is 0 Å². The number of rotatable bonds is 3. The third-order valence-electron chi connectivity index (χ3n) is 0.644. The Hall–Kier alpha value is -1.19. The zero-order valence-electron chi connectivity index (χ0n) is 4.09. The maximum atomic E-state index is 9.86. The second kappa shape index (κ2) is 2.90. The van der Waals surface area contributed by atoms with Crippen LogP contribution in [0, 0.1) is 16.7 Å². The lowest BCUT2D eigenvalue weighted by Gasteiger charge is -1.92. The molecule has 44 valence electrons. The van der Waals surface area contributed by atoms with Gasteiger partial charge in [-0.25, -0.2) is 0 Å². The van der Waals surface area contributed by atoms with Crippen molar-refractivity contribution in [2.45, 2.75) is 0 Å². The Balaban J connectivity index is 3.88. The average molecular weight is 114 g/mol. The normalized spacial score (nSPS) is 12.0. The van der Waals surface area contributed by atoms with Crippen molar-refractivity contribution in [2.75, 3.05) is 0 Å². The summed E-state index contributed by atoms with van der Waals surface area (Å²) in [7, 11) is 0. The molecule has 0 bridgehead atoms. The minimum Gasteiger partial charge on any atom is -0.480 e. The first kappa shape index (κ1) is 6.81. The second-order valence-corrected chi connectivity index (χ2v) is 1.20. The van der Waals surface area contributed by atoms with Crippen LogP contribution in [0.25, 0.3) is 0 Å². The van der Waals surface area contributed by atoms with Crippen LogP contribution in [0.15, 0.2) is 0 Å². The largest absolute Gasteiger partial charge is 0.480 e. The van der Waals surface area contributed by atoms with Crippen molar-refractivity contribution in [3.05, 3.63) is 0 Å². The first-order valence-corrected chi connectivity index (χ1v) is 1.96. The predicted octanol–water partition coefficient (Wildman–Crippen LogP) is -0.0137. The summed E-state index contributed by atoms with van der Waals surface area (Å²) in [4.78, 5) is 9.86. The maximum Gasteiger partial charge on any atom is 0.317 e. The SMILES string of the molecule is N=CC(C=N)C(=O)O. The molecule has 0 aliphatic carbocycles. The van der Waals surface area contributed by atoms with Crippen LogP contribution < -0.4 is 0 Å². The summed E-state index contributed by atoms with van der Waals surface area (Å²) in [5, 5.41) is 20.9. The summed E-state index contributed by atoms with van der Waals surface area (Å²) in [6.07, 6.45) is 1.41. The average Bonchev–Trinajstić information content (AvgIpc) is 1.69. The molecule has 0 spiro atoms. The van der Waals surface area contributed by atoms with Gasteiger partial charge in [-0.05, 0) is 0 Å². The van der Waals surface area contributed by atoms with Gasteiger partial charge in [0.2, 0.25) is 0 Å². The molecule has 0 rings (SSSR count). The van der Waals surface area contributed by atoms with E-state index in [1.165, 1.54) is 0 Å². The van der Waals surface area contributed by atoms with Crippen LogP contribution in [0.1, 0.15) is 0 Å². The molecule has 0 radical (unpaired) electrons. The van der Waals surface area contributed by atoms with Gasteiger partial charge in [-0.15, -0.1) is 0 Å². The molecule has 0 aromatic carbocycles. The van der Waals surface area contributed by atoms with Gasteiger partial charge in [-0.2, -0.15) is 0 Å². The van der Waals surface area contributed by atoms with Crippen LogP contribution in [0.5, 0.6) is 0 Å². The number of nitrogens with one attached hydrogen (secondary N) is 2. The van der Waals surface area contributed by atoms with Gasteiger partial charge < -0.3 is 15.9 Å². The fraction of sp³-hybridized carbons (Fsp3) is 0.250. The van der Waals surface area contributed by atoms with Crippen LogP contribution in [0.3, 0.4) is 0 Å². The number of hydrogen-bond donors (Lipinski definition) is 3. The van der Waals surface area contributed by atoms with Gasteiger partial charge in [-0.3, -0.25) is 4.79 Å². The van der Waals surface area contributed by atoms with Gasteiger partial charge in [0.15, 0.2) is 0 Å². The van der Waals surface area contributed by atoms with Crippen molar-refractivity contribution in [1.82, 2.24) is 0 Å². The Labute approximate surface area is 46.2 Å². The molecule has 0 saturated carbocycles. The molecule has 0 unspecified atom stereocenters. The zero-order valence-corrected chi connectivity index (χ0v) is 4.09. The minimum atomic E-state index is -1.16. The van der Waals surface area contributed by atoms with E-state index in [1.807, 2.05) is 0 Å². The first-order chi connectivity index (χ1) is 3.72. The van der Waals surface area contributed by atoms with Crippen molar-refractivity contribution in [2.24, 2.45) is 5.92 Å². The first-order valence-electron chi connectivity index (χ1n) is 1.96. The summed E-state index contributed by atoms with van der Waals surface area (Å²) in [6.45, 7) is 0. The Morgan fingerprint density at radius 1 is 1.50 bits per heavy atom. The predicted molar refractivity (Wildman–Crippen MR) is 28.7 cm³/mol. The van der Waals surface area contributed by atoms with E-state index in [4.69, 9.17) is 15.9 Å². The molecule has 0 amide bonds. The van der Waals surface area contributed by atoms with Crippen molar-refractivity contribution < 1.29 is 9.90 Å². The fourth-order valence-corrected chi connectivity index (χ4v) is 0.191. The Morgan fingerprint density at radius 2 is 1.88 bits per heavy atom. The van der Waals surface area contributed by atoms with E-state index in [0.717, 1.165) is 0 Å². The number of hydrogen-bond acceptors (Lipinski definition) is 3. The lowest BCUT2D eigenvalue weighted by molar-refractivity contribution is -0.137. The second-order valence-electron chi connectivity index (χ2n) is 1.20. The highest BCUT2D eigenvalue weighted by Gasteiger charge is 2.08. The maximum absolute atomic E-state index is 9.86. The summed E-state index contributed by atoms with van der Waals surface area (Å²) < 4.78 is 0. The van der Waals surface area contributed by atoms with Crippen LogP contribution in [-0.2, 0) is 4.79 Å². The van der Waals surface area contributed by atoms with Crippen molar-refractivity contribution >= 4 is 18.4 Å². The smallest absolute Gasteiger partial charge is 0.317 e. The third kappa shape index (κ3) is 1.51. The van der Waals surface area contributed by atoms with Crippen molar-refractivity contribution in [3.8, 4) is 0 Å². The number of aliphatic carboxylic acids is 1. The lowest BCUT2D eigenvalue weighted by atomic mass is 10.2. The topological polar surface area (TPSA) is 85.0 Å². The summed E-state index contributed by atoms with van der Waals surface area (Å²) >= 11 is 0. The number of carbonyl (C=O) groups is 1. The minimum absolute atomic E-state index is 0.704. The van der Waals surface area contributed by atoms with Gasteiger partial charge in [0.25, 0.3) is 0 Å². The Bertz CT molecular complexity index is 113. The molecule has 0 atom stereocenters. The van der Waals surface area contributed by atoms with Crippen LogP contribution in [-0.4, -0.2) is 23.5 Å². The molecule has 3 N–H and O–H groups in total. The van der Waals surface area contributed by atoms with Crippen molar-refractivity contribution in [1.29, 1.82) is 10.8 Å². The van der Waals surface area contributed by atoms with E-state index in [1.54, 1.807) is 0 Å². The standard InChI is InChI=1S/C4H6N2O2/c5-1-3(2-6)4(7)8/h1-3,5-6H,(H,7,8). The Morgan fingerprint density at radius 3 is 1.88 bits per heavy atom. The monoisotopic (exact) mass is 114 g/mol. The highest BCUT2D eigenvalue weighted by atomic mass is 16.4. The molecule has 0 heterocycles. The fourth-order valence-electron chi connectivity index (χ4n) is 0.191. The van der Waals surface area contributed by atoms with Crippen molar-refractivity contribution in [3.63, 3.8) is 0 Å². The summed E-state index contributed by atoms with van der Waals surface area (Å²) in [5.41, 5.74) is 0. The van der Waals surface area contributed by atoms with E-state index in [0.29, 0.717) is 12.4 Å². The highest BCUT2D eigenvalue weighted by molar-refractivity contribution is 6.02. The molecule has 0 fully saturated rings. The molecule has 0 aliphatic heterocycles. The molecule has 0 aromatic heterocycles. The molecule has 4 heteroatoms. The molecule has 0 saturated heterocycles. The summed E-state index contributed by atoms with van der Waals surface area (Å²) in [5.74, 6) is -2.20. The Kier molecular flexibility index (Phi) is 2.47. The van der Waals surface area contributed by atoms with Gasteiger partial charge in [0, 0.05) is 12.4 Å². The number of carboxylic acid groups (broad SMARTS) is 1. The van der Waals surface area contributed by atoms with Crippen LogP contribution >= 0.6 is 0 Å². The van der Waals surface area contributed by atoms with E-state index in [2.05, 4.69) is 0 Å². The summed E-state index contributed by atoms with van der Waals surface area (Å²) in [6, 6.07) is 0. The lowest BCUT2D eigenvalue weighted by Crippen LogP contribution is -2.14.